The highest BCUT2D eigenvalue weighted by atomic mass is 16.3. The molecule has 0 aliphatic rings. The number of nitrogens with zero attached hydrogens (tertiary/aromatic N) is 2. The molecule has 2 aromatic heterocycles. The summed E-state index contributed by atoms with van der Waals surface area (Å²) in [6.07, 6.45) is 0. The van der Waals surface area contributed by atoms with Gasteiger partial charge in [0.1, 0.15) is 11.2 Å². The first kappa shape index (κ1) is 32.8. The normalized spacial score (nSPS) is 11.5. The van der Waals surface area contributed by atoms with Crippen molar-refractivity contribution in [3.8, 4) is 39.1 Å². The molecule has 11 aromatic rings. The van der Waals surface area contributed by atoms with Gasteiger partial charge in [0.2, 0.25) is 0 Å². The lowest BCUT2D eigenvalue weighted by Crippen LogP contribution is -2.11. The molecule has 0 radical (unpaired) electrons. The van der Waals surface area contributed by atoms with E-state index in [2.05, 4.69) is 222 Å². The molecule has 0 N–H and O–H groups in total. The summed E-state index contributed by atoms with van der Waals surface area (Å²) >= 11 is 0. The second-order valence-electron chi connectivity index (χ2n) is 14.5. The van der Waals surface area contributed by atoms with E-state index in [4.69, 9.17) is 4.42 Å². The molecule has 9 aromatic carbocycles. The van der Waals surface area contributed by atoms with E-state index in [1.165, 1.54) is 27.4 Å². The Morgan fingerprint density at radius 3 is 1.67 bits per heavy atom. The number of para-hydroxylation sites is 4. The van der Waals surface area contributed by atoms with Crippen LogP contribution in [0.5, 0.6) is 0 Å². The van der Waals surface area contributed by atoms with Gasteiger partial charge in [0, 0.05) is 49.7 Å². The lowest BCUT2D eigenvalue weighted by Gasteiger charge is -2.29. The maximum Gasteiger partial charge on any atom is 0.143 e. The second kappa shape index (κ2) is 13.6. The second-order valence-corrected chi connectivity index (χ2v) is 14.5. The fourth-order valence-corrected chi connectivity index (χ4v) is 8.56. The summed E-state index contributed by atoms with van der Waals surface area (Å²) < 4.78 is 9.11. The monoisotopic (exact) mass is 728 g/mol. The van der Waals surface area contributed by atoms with Crippen molar-refractivity contribution >= 4 is 60.8 Å². The highest BCUT2D eigenvalue weighted by Crippen LogP contribution is 2.46. The van der Waals surface area contributed by atoms with Gasteiger partial charge in [-0.25, -0.2) is 0 Å². The van der Waals surface area contributed by atoms with Crippen LogP contribution in [0, 0.1) is 0 Å². The van der Waals surface area contributed by atoms with E-state index < -0.39 is 0 Å². The summed E-state index contributed by atoms with van der Waals surface area (Å²) in [6.45, 7) is 0. The molecule has 0 saturated heterocycles. The van der Waals surface area contributed by atoms with Crippen molar-refractivity contribution < 1.29 is 4.42 Å². The van der Waals surface area contributed by atoms with Crippen LogP contribution in [0.3, 0.4) is 0 Å². The van der Waals surface area contributed by atoms with Gasteiger partial charge >= 0.3 is 0 Å². The fraction of sp³-hybridized carbons (Fsp3) is 0. The van der Waals surface area contributed by atoms with Crippen LogP contribution in [0.2, 0.25) is 0 Å². The number of hydrogen-bond donors (Lipinski definition) is 0. The van der Waals surface area contributed by atoms with E-state index >= 15 is 0 Å². The van der Waals surface area contributed by atoms with Crippen LogP contribution in [0.25, 0.3) is 82.8 Å². The average Bonchev–Trinajstić information content (AvgIpc) is 3.83. The van der Waals surface area contributed by atoms with Gasteiger partial charge < -0.3 is 13.9 Å². The first-order chi connectivity index (χ1) is 28.3. The predicted molar refractivity (Wildman–Crippen MR) is 239 cm³/mol. The number of benzene rings is 9. The zero-order valence-electron chi connectivity index (χ0n) is 31.1. The molecule has 0 amide bonds. The Bertz CT molecular complexity index is 3180. The molecular weight excluding hydrogens is 693 g/mol. The summed E-state index contributed by atoms with van der Waals surface area (Å²) in [5.74, 6) is 0. The van der Waals surface area contributed by atoms with E-state index in [0.29, 0.717) is 0 Å². The molecule has 0 saturated carbocycles. The first-order valence-corrected chi connectivity index (χ1v) is 19.4. The zero-order chi connectivity index (χ0) is 37.7. The SMILES string of the molecule is c1ccc(-c2cccc(N(c3cc(-c4ccc(-n5c6ccccc6c6ccccc65)cc4)c4oc5ccccc5c4c3)c3ccccc3-c3ccccc3)c2)cc1. The molecule has 2 heterocycles. The number of rotatable bonds is 7. The van der Waals surface area contributed by atoms with Gasteiger partial charge in [-0.1, -0.05) is 158 Å². The fourth-order valence-electron chi connectivity index (χ4n) is 8.56. The summed E-state index contributed by atoms with van der Waals surface area (Å²) in [6, 6.07) is 78.1. The van der Waals surface area contributed by atoms with Crippen LogP contribution in [-0.4, -0.2) is 4.57 Å². The van der Waals surface area contributed by atoms with Crippen molar-refractivity contribution in [3.05, 3.63) is 218 Å². The van der Waals surface area contributed by atoms with Crippen LogP contribution < -0.4 is 4.90 Å². The van der Waals surface area contributed by atoms with E-state index in [-0.39, 0.29) is 0 Å². The Hall–Kier alpha value is -7.62. The summed E-state index contributed by atoms with van der Waals surface area (Å²) in [4.78, 5) is 2.41. The topological polar surface area (TPSA) is 21.3 Å². The van der Waals surface area contributed by atoms with Crippen molar-refractivity contribution in [1.29, 1.82) is 0 Å². The van der Waals surface area contributed by atoms with Crippen LogP contribution in [0.4, 0.5) is 17.1 Å². The minimum atomic E-state index is 0.870. The molecule has 0 unspecified atom stereocenters. The highest BCUT2D eigenvalue weighted by molar-refractivity contribution is 6.12. The molecule has 268 valence electrons. The van der Waals surface area contributed by atoms with E-state index in [1.54, 1.807) is 0 Å². The third kappa shape index (κ3) is 5.60. The maximum absolute atomic E-state index is 6.75. The lowest BCUT2D eigenvalue weighted by atomic mass is 9.98. The molecule has 0 bridgehead atoms. The Kier molecular flexibility index (Phi) is 7.82. The predicted octanol–water partition coefficient (Wildman–Crippen LogP) is 15.2. The number of hydrogen-bond acceptors (Lipinski definition) is 2. The van der Waals surface area contributed by atoms with Crippen molar-refractivity contribution in [1.82, 2.24) is 4.57 Å². The van der Waals surface area contributed by atoms with Crippen molar-refractivity contribution in [2.45, 2.75) is 0 Å². The third-order valence-corrected chi connectivity index (χ3v) is 11.2. The Morgan fingerprint density at radius 2 is 0.930 bits per heavy atom. The van der Waals surface area contributed by atoms with E-state index in [0.717, 1.165) is 72.5 Å². The van der Waals surface area contributed by atoms with Gasteiger partial charge in [-0.05, 0) is 82.9 Å². The van der Waals surface area contributed by atoms with Crippen molar-refractivity contribution in [3.63, 3.8) is 0 Å². The molecule has 0 fully saturated rings. The van der Waals surface area contributed by atoms with Crippen molar-refractivity contribution in [2.75, 3.05) is 4.90 Å². The summed E-state index contributed by atoms with van der Waals surface area (Å²) in [5, 5.41) is 4.67. The average molecular weight is 729 g/mol. The van der Waals surface area contributed by atoms with Crippen LogP contribution in [-0.2, 0) is 0 Å². The van der Waals surface area contributed by atoms with Crippen molar-refractivity contribution in [2.24, 2.45) is 0 Å². The molecule has 3 heteroatoms. The van der Waals surface area contributed by atoms with Gasteiger partial charge in [-0.2, -0.15) is 0 Å². The largest absolute Gasteiger partial charge is 0.455 e. The van der Waals surface area contributed by atoms with E-state index in [9.17, 15) is 0 Å². The minimum absolute atomic E-state index is 0.870. The quantitative estimate of drug-likeness (QED) is 0.163. The van der Waals surface area contributed by atoms with Gasteiger partial charge in [0.15, 0.2) is 0 Å². The highest BCUT2D eigenvalue weighted by Gasteiger charge is 2.22. The maximum atomic E-state index is 6.75. The van der Waals surface area contributed by atoms with Gasteiger partial charge in [0.05, 0.1) is 16.7 Å². The standard InChI is InChI=1S/C54H36N2O/c1-3-16-37(17-4-1)40-20-15-21-42(34-40)55(50-26-11-7-22-44(50)38-18-5-2-6-19-38)43-35-48(54-49(36-43)47-25-10-14-29-53(47)57-54)39-30-32-41(33-31-39)56-51-27-12-8-23-45(51)46-24-9-13-28-52(46)56/h1-36H. The van der Waals surface area contributed by atoms with Gasteiger partial charge in [-0.15, -0.1) is 0 Å². The molecule has 0 aliphatic carbocycles. The molecule has 3 nitrogen and oxygen atoms in total. The number of anilines is 3. The molecular formula is C54H36N2O. The number of furan rings is 1. The van der Waals surface area contributed by atoms with Crippen LogP contribution in [0.1, 0.15) is 0 Å². The third-order valence-electron chi connectivity index (χ3n) is 11.2. The summed E-state index contributed by atoms with van der Waals surface area (Å²) in [7, 11) is 0. The smallest absolute Gasteiger partial charge is 0.143 e. The first-order valence-electron chi connectivity index (χ1n) is 19.4. The molecule has 0 spiro atoms. The summed E-state index contributed by atoms with van der Waals surface area (Å²) in [5.41, 5.74) is 15.2. The number of fused-ring (bicyclic) bond motifs is 6. The van der Waals surface area contributed by atoms with Gasteiger partial charge in [0.25, 0.3) is 0 Å². The Morgan fingerprint density at radius 1 is 0.351 bits per heavy atom. The van der Waals surface area contributed by atoms with Crippen LogP contribution >= 0.6 is 0 Å². The van der Waals surface area contributed by atoms with Crippen LogP contribution in [0.15, 0.2) is 223 Å². The lowest BCUT2D eigenvalue weighted by molar-refractivity contribution is 0.670. The number of aromatic nitrogens is 1. The molecule has 0 aliphatic heterocycles. The molecule has 11 rings (SSSR count). The molecule has 57 heavy (non-hydrogen) atoms. The zero-order valence-corrected chi connectivity index (χ0v) is 31.1. The van der Waals surface area contributed by atoms with Gasteiger partial charge in [-0.3, -0.25) is 0 Å². The van der Waals surface area contributed by atoms with E-state index in [1.807, 2.05) is 6.07 Å². The minimum Gasteiger partial charge on any atom is -0.455 e. The Balaban J connectivity index is 1.14. The molecule has 0 atom stereocenters. The Labute approximate surface area is 330 Å².